The van der Waals surface area contributed by atoms with Gasteiger partial charge < -0.3 is 14.0 Å². The Morgan fingerprint density at radius 3 is 2.45 bits per heavy atom. The molecular formula is C13H16N2O5. The van der Waals surface area contributed by atoms with Crippen molar-refractivity contribution in [3.05, 3.63) is 18.2 Å². The molecule has 1 aromatic rings. The number of aromatic nitrogens is 2. The zero-order valence-corrected chi connectivity index (χ0v) is 11.4. The maximum absolute atomic E-state index is 12.1. The first kappa shape index (κ1) is 14.2. The predicted octanol–water partition coefficient (Wildman–Crippen LogP) is 0.753. The molecule has 0 bridgehead atoms. The van der Waals surface area contributed by atoms with Crippen molar-refractivity contribution in [3.8, 4) is 0 Å². The third-order valence-electron chi connectivity index (χ3n) is 3.31. The fourth-order valence-electron chi connectivity index (χ4n) is 2.23. The monoisotopic (exact) mass is 280 g/mol. The van der Waals surface area contributed by atoms with Crippen molar-refractivity contribution in [2.45, 2.75) is 26.3 Å². The van der Waals surface area contributed by atoms with Gasteiger partial charge in [-0.15, -0.1) is 0 Å². The van der Waals surface area contributed by atoms with Crippen LogP contribution in [-0.4, -0.2) is 41.0 Å². The molecule has 2 rings (SSSR count). The van der Waals surface area contributed by atoms with E-state index >= 15 is 0 Å². The largest absolute Gasteiger partial charge is 0.465 e. The van der Waals surface area contributed by atoms with E-state index in [1.54, 1.807) is 18.4 Å². The molecule has 0 aliphatic heterocycles. The lowest BCUT2D eigenvalue weighted by molar-refractivity contribution is -0.164. The van der Waals surface area contributed by atoms with E-state index in [-0.39, 0.29) is 18.9 Å². The van der Waals surface area contributed by atoms with Crippen LogP contribution in [0.1, 0.15) is 36.8 Å². The zero-order valence-electron chi connectivity index (χ0n) is 11.4. The molecule has 0 N–H and O–H groups in total. The van der Waals surface area contributed by atoms with Gasteiger partial charge >= 0.3 is 11.9 Å². The number of nitrogens with zero attached hydrogens (tertiary/aromatic N) is 2. The Labute approximate surface area is 115 Å². The summed E-state index contributed by atoms with van der Waals surface area (Å²) < 4.78 is 11.5. The molecule has 0 saturated heterocycles. The highest BCUT2D eigenvalue weighted by atomic mass is 16.6. The van der Waals surface area contributed by atoms with Crippen LogP contribution < -0.4 is 0 Å². The standard InChI is InChI=1S/C13H16N2O5/c1-3-19-11(17)13(12(18)20-4-2)5-10(13)15-6-9(7-16)14-8-15/h6-8,10H,3-5H2,1-2H3. The van der Waals surface area contributed by atoms with Crippen molar-refractivity contribution in [3.63, 3.8) is 0 Å². The maximum atomic E-state index is 12.1. The lowest BCUT2D eigenvalue weighted by Gasteiger charge is -2.14. The fourth-order valence-corrected chi connectivity index (χ4v) is 2.23. The van der Waals surface area contributed by atoms with Crippen molar-refractivity contribution in [1.82, 2.24) is 9.55 Å². The van der Waals surface area contributed by atoms with E-state index in [9.17, 15) is 14.4 Å². The molecule has 1 unspecified atom stereocenters. The van der Waals surface area contributed by atoms with Gasteiger partial charge in [0.2, 0.25) is 0 Å². The Morgan fingerprint density at radius 2 is 2.00 bits per heavy atom. The maximum Gasteiger partial charge on any atom is 0.325 e. The van der Waals surface area contributed by atoms with Crippen molar-refractivity contribution in [2.75, 3.05) is 13.2 Å². The number of imidazole rings is 1. The molecule has 20 heavy (non-hydrogen) atoms. The lowest BCUT2D eigenvalue weighted by Crippen LogP contribution is -2.32. The van der Waals surface area contributed by atoms with Crippen LogP contribution in [0.2, 0.25) is 0 Å². The highest BCUT2D eigenvalue weighted by Crippen LogP contribution is 2.58. The van der Waals surface area contributed by atoms with Gasteiger partial charge in [-0.1, -0.05) is 0 Å². The summed E-state index contributed by atoms with van der Waals surface area (Å²) in [4.78, 5) is 38.7. The van der Waals surface area contributed by atoms with Crippen LogP contribution in [0.4, 0.5) is 0 Å². The lowest BCUT2D eigenvalue weighted by atomic mass is 10.1. The van der Waals surface area contributed by atoms with Crippen LogP contribution in [0.3, 0.4) is 0 Å². The number of carbonyl (C=O) groups is 3. The molecule has 108 valence electrons. The van der Waals surface area contributed by atoms with E-state index in [0.717, 1.165) is 0 Å². The van der Waals surface area contributed by atoms with Gasteiger partial charge in [-0.05, 0) is 20.3 Å². The molecule has 1 atom stereocenters. The van der Waals surface area contributed by atoms with Gasteiger partial charge in [-0.25, -0.2) is 4.98 Å². The van der Waals surface area contributed by atoms with Gasteiger partial charge in [0, 0.05) is 6.20 Å². The molecule has 1 aliphatic carbocycles. The Hall–Kier alpha value is -2.18. The molecule has 1 aliphatic rings. The first-order chi connectivity index (χ1) is 9.59. The Balaban J connectivity index is 2.25. The van der Waals surface area contributed by atoms with Crippen LogP contribution in [-0.2, 0) is 19.1 Å². The molecule has 1 heterocycles. The summed E-state index contributed by atoms with van der Waals surface area (Å²) in [5, 5.41) is 0. The second-order valence-corrected chi connectivity index (χ2v) is 4.50. The number of hydrogen-bond donors (Lipinski definition) is 0. The van der Waals surface area contributed by atoms with E-state index in [1.165, 1.54) is 12.5 Å². The quantitative estimate of drug-likeness (QED) is 0.434. The second kappa shape index (κ2) is 5.44. The number of carbonyl (C=O) groups excluding carboxylic acids is 3. The Kier molecular flexibility index (Phi) is 3.87. The summed E-state index contributed by atoms with van der Waals surface area (Å²) in [5.74, 6) is -1.19. The highest BCUT2D eigenvalue weighted by Gasteiger charge is 2.69. The van der Waals surface area contributed by atoms with E-state index in [2.05, 4.69) is 4.98 Å². The van der Waals surface area contributed by atoms with Crippen molar-refractivity contribution in [1.29, 1.82) is 0 Å². The summed E-state index contributed by atoms with van der Waals surface area (Å²) in [5.41, 5.74) is -1.06. The van der Waals surface area contributed by atoms with Gasteiger partial charge in [-0.2, -0.15) is 0 Å². The molecule has 0 spiro atoms. The van der Waals surface area contributed by atoms with Crippen LogP contribution in [0, 0.1) is 5.41 Å². The Morgan fingerprint density at radius 1 is 1.40 bits per heavy atom. The van der Waals surface area contributed by atoms with Gasteiger partial charge in [0.25, 0.3) is 0 Å². The first-order valence-electron chi connectivity index (χ1n) is 6.43. The molecule has 0 amide bonds. The SMILES string of the molecule is CCOC(=O)C1(C(=O)OCC)CC1n1cnc(C=O)c1. The normalized spacial score (nSPS) is 19.2. The molecule has 1 aromatic heterocycles. The smallest absolute Gasteiger partial charge is 0.325 e. The van der Waals surface area contributed by atoms with Crippen LogP contribution >= 0.6 is 0 Å². The number of hydrogen-bond acceptors (Lipinski definition) is 6. The van der Waals surface area contributed by atoms with Crippen LogP contribution in [0.25, 0.3) is 0 Å². The van der Waals surface area contributed by atoms with Crippen molar-refractivity contribution < 1.29 is 23.9 Å². The number of rotatable bonds is 6. The molecule has 1 saturated carbocycles. The second-order valence-electron chi connectivity index (χ2n) is 4.50. The fraction of sp³-hybridized carbons (Fsp3) is 0.538. The van der Waals surface area contributed by atoms with Crippen LogP contribution in [0.15, 0.2) is 12.5 Å². The summed E-state index contributed by atoms with van der Waals surface area (Å²) in [6, 6.07) is -0.415. The first-order valence-corrected chi connectivity index (χ1v) is 6.43. The molecule has 0 aromatic carbocycles. The minimum atomic E-state index is -1.31. The van der Waals surface area contributed by atoms with E-state index in [4.69, 9.17) is 9.47 Å². The minimum Gasteiger partial charge on any atom is -0.465 e. The minimum absolute atomic E-state index is 0.191. The molecule has 7 nitrogen and oxygen atoms in total. The summed E-state index contributed by atoms with van der Waals surface area (Å²) in [6.07, 6.45) is 3.82. The average molecular weight is 280 g/mol. The van der Waals surface area contributed by atoms with Gasteiger partial charge in [0.1, 0.15) is 5.69 Å². The van der Waals surface area contributed by atoms with E-state index in [0.29, 0.717) is 12.7 Å². The number of ether oxygens (including phenoxy) is 2. The molecule has 0 radical (unpaired) electrons. The van der Waals surface area contributed by atoms with Gasteiger partial charge in [0.15, 0.2) is 11.7 Å². The van der Waals surface area contributed by atoms with Crippen molar-refractivity contribution in [2.24, 2.45) is 5.41 Å². The number of esters is 2. The van der Waals surface area contributed by atoms with Crippen LogP contribution in [0.5, 0.6) is 0 Å². The van der Waals surface area contributed by atoms with Crippen molar-refractivity contribution >= 4 is 18.2 Å². The Bertz CT molecular complexity index is 519. The molecule has 1 fully saturated rings. The third kappa shape index (κ3) is 2.19. The highest BCUT2D eigenvalue weighted by molar-refractivity contribution is 6.04. The van der Waals surface area contributed by atoms with Gasteiger partial charge in [0.05, 0.1) is 25.6 Å². The summed E-state index contributed by atoms with van der Waals surface area (Å²) in [6.45, 7) is 3.73. The number of aldehydes is 1. The summed E-state index contributed by atoms with van der Waals surface area (Å²) in [7, 11) is 0. The zero-order chi connectivity index (χ0) is 14.8. The predicted molar refractivity (Wildman–Crippen MR) is 67.0 cm³/mol. The average Bonchev–Trinajstić information content (AvgIpc) is 3.02. The van der Waals surface area contributed by atoms with Gasteiger partial charge in [-0.3, -0.25) is 14.4 Å². The topological polar surface area (TPSA) is 87.5 Å². The third-order valence-corrected chi connectivity index (χ3v) is 3.31. The van der Waals surface area contributed by atoms with E-state index < -0.39 is 23.4 Å². The summed E-state index contributed by atoms with van der Waals surface area (Å²) >= 11 is 0. The molecular weight excluding hydrogens is 264 g/mol. The van der Waals surface area contributed by atoms with E-state index in [1.807, 2.05) is 0 Å². The molecule has 7 heteroatoms.